The Hall–Kier alpha value is -2.49. The van der Waals surface area contributed by atoms with Crippen molar-refractivity contribution in [1.29, 1.82) is 0 Å². The first kappa shape index (κ1) is 27.5. The molecule has 1 atom stereocenters. The molecule has 0 unspecified atom stereocenters. The highest BCUT2D eigenvalue weighted by atomic mass is 16.5. The van der Waals surface area contributed by atoms with Gasteiger partial charge in [-0.25, -0.2) is 4.68 Å². The van der Waals surface area contributed by atoms with E-state index in [2.05, 4.69) is 34.9 Å². The van der Waals surface area contributed by atoms with Crippen molar-refractivity contribution >= 4 is 22.8 Å². The van der Waals surface area contributed by atoms with Crippen LogP contribution in [-0.2, 0) is 27.5 Å². The van der Waals surface area contributed by atoms with Crippen LogP contribution >= 0.6 is 0 Å². The molecule has 1 amide bonds. The van der Waals surface area contributed by atoms with Crippen LogP contribution in [0.3, 0.4) is 0 Å². The molecule has 1 aromatic heterocycles. The first-order valence-electron chi connectivity index (χ1n) is 13.9. The zero-order valence-corrected chi connectivity index (χ0v) is 22.8. The Labute approximate surface area is 220 Å². The molecule has 2 fully saturated rings. The second kappa shape index (κ2) is 12.8. The fourth-order valence-corrected chi connectivity index (χ4v) is 5.71. The van der Waals surface area contributed by atoms with E-state index in [1.54, 1.807) is 10.9 Å². The fourth-order valence-electron chi connectivity index (χ4n) is 5.71. The molecule has 0 radical (unpaired) electrons. The molecular weight excluding hydrogens is 468 g/mol. The van der Waals surface area contributed by atoms with Gasteiger partial charge >= 0.3 is 5.97 Å². The summed E-state index contributed by atoms with van der Waals surface area (Å²) in [5, 5.41) is 5.39. The van der Waals surface area contributed by atoms with Gasteiger partial charge in [-0.05, 0) is 69.9 Å². The Bertz CT molecular complexity index is 1050. The molecule has 9 heteroatoms. The van der Waals surface area contributed by atoms with Gasteiger partial charge in [0.2, 0.25) is 5.91 Å². The maximum Gasteiger partial charge on any atom is 0.307 e. The molecule has 0 bridgehead atoms. The monoisotopic (exact) mass is 512 g/mol. The van der Waals surface area contributed by atoms with Crippen LogP contribution in [0.1, 0.15) is 56.6 Å². The van der Waals surface area contributed by atoms with E-state index in [9.17, 15) is 9.59 Å². The molecule has 204 valence electrons. The maximum absolute atomic E-state index is 13.1. The molecule has 2 aliphatic rings. The van der Waals surface area contributed by atoms with Crippen LogP contribution in [0.4, 0.5) is 0 Å². The lowest BCUT2D eigenvalue weighted by Crippen LogP contribution is -2.56. The predicted molar refractivity (Wildman–Crippen MR) is 145 cm³/mol. The van der Waals surface area contributed by atoms with Crippen LogP contribution in [0.2, 0.25) is 0 Å². The van der Waals surface area contributed by atoms with Crippen molar-refractivity contribution in [1.82, 2.24) is 24.5 Å². The standard InChI is InChI=1S/C28H44N6O3/c1-4-5-6-7-26(35)37-20-34-27-21(2)16-22(17-23(27)19-30-34)18-25(29)28(36)33-14-12-32(13-15-33)24-8-10-31(3)11-9-24/h16-17,19,24-25H,4-15,18,20,29H2,1-3H3/t25-/m1/s1. The van der Waals surface area contributed by atoms with Gasteiger partial charge in [0.05, 0.1) is 17.8 Å². The largest absolute Gasteiger partial charge is 0.442 e. The average molecular weight is 513 g/mol. The van der Waals surface area contributed by atoms with Crippen LogP contribution < -0.4 is 5.73 Å². The minimum Gasteiger partial charge on any atom is -0.442 e. The number of benzene rings is 1. The van der Waals surface area contributed by atoms with E-state index >= 15 is 0 Å². The van der Waals surface area contributed by atoms with Gasteiger partial charge in [-0.2, -0.15) is 5.10 Å². The zero-order chi connectivity index (χ0) is 26.4. The number of aromatic nitrogens is 2. The summed E-state index contributed by atoms with van der Waals surface area (Å²) in [6.07, 6.45) is 8.09. The third-order valence-electron chi connectivity index (χ3n) is 7.92. The molecule has 0 spiro atoms. The quantitative estimate of drug-likeness (QED) is 0.386. The number of hydrogen-bond acceptors (Lipinski definition) is 7. The number of likely N-dealkylation sites (tertiary alicyclic amines) is 1. The Morgan fingerprint density at radius 2 is 1.84 bits per heavy atom. The summed E-state index contributed by atoms with van der Waals surface area (Å²) in [6, 6.07) is 4.18. The maximum atomic E-state index is 13.1. The van der Waals surface area contributed by atoms with E-state index in [0.29, 0.717) is 18.9 Å². The number of carbonyl (C=O) groups excluding carboxylic acids is 2. The molecular formula is C28H44N6O3. The predicted octanol–water partition coefficient (Wildman–Crippen LogP) is 2.53. The number of unbranched alkanes of at least 4 members (excludes halogenated alkanes) is 2. The number of fused-ring (bicyclic) bond motifs is 1. The van der Waals surface area contributed by atoms with Gasteiger partial charge in [0.1, 0.15) is 0 Å². The summed E-state index contributed by atoms with van der Waals surface area (Å²) in [5.41, 5.74) is 9.40. The Kier molecular flexibility index (Phi) is 9.56. The highest BCUT2D eigenvalue weighted by Crippen LogP contribution is 2.23. The van der Waals surface area contributed by atoms with Crippen LogP contribution in [0.15, 0.2) is 18.3 Å². The van der Waals surface area contributed by atoms with E-state index in [4.69, 9.17) is 10.5 Å². The highest BCUT2D eigenvalue weighted by molar-refractivity contribution is 5.84. The minimum absolute atomic E-state index is 0.0338. The van der Waals surface area contributed by atoms with Gasteiger partial charge in [-0.3, -0.25) is 14.5 Å². The molecule has 2 saturated heterocycles. The van der Waals surface area contributed by atoms with E-state index in [0.717, 1.165) is 80.6 Å². The SMILES string of the molecule is CCCCCC(=O)OCn1ncc2cc(C[C@@H](N)C(=O)N3CCN(C4CCN(C)CC4)CC3)cc(C)c21. The number of esters is 1. The summed E-state index contributed by atoms with van der Waals surface area (Å²) in [5.74, 6) is -0.158. The summed E-state index contributed by atoms with van der Waals surface area (Å²) in [7, 11) is 2.19. The smallest absolute Gasteiger partial charge is 0.307 e. The van der Waals surface area contributed by atoms with E-state index in [-0.39, 0.29) is 18.6 Å². The second-order valence-corrected chi connectivity index (χ2v) is 10.8. The molecule has 1 aromatic carbocycles. The van der Waals surface area contributed by atoms with Crippen molar-refractivity contribution in [3.8, 4) is 0 Å². The minimum atomic E-state index is -0.564. The van der Waals surface area contributed by atoms with Crippen molar-refractivity contribution in [2.24, 2.45) is 5.73 Å². The molecule has 2 N–H and O–H groups in total. The third-order valence-corrected chi connectivity index (χ3v) is 7.92. The topological polar surface area (TPSA) is 96.9 Å². The summed E-state index contributed by atoms with van der Waals surface area (Å²) in [6.45, 7) is 9.91. The first-order valence-corrected chi connectivity index (χ1v) is 13.9. The molecule has 37 heavy (non-hydrogen) atoms. The van der Waals surface area contributed by atoms with Crippen LogP contribution in [-0.4, -0.2) is 94.8 Å². The molecule has 3 heterocycles. The molecule has 4 rings (SSSR count). The van der Waals surface area contributed by atoms with Gasteiger partial charge in [-0.15, -0.1) is 0 Å². The summed E-state index contributed by atoms with van der Waals surface area (Å²) >= 11 is 0. The van der Waals surface area contributed by atoms with Crippen LogP contribution in [0.5, 0.6) is 0 Å². The summed E-state index contributed by atoms with van der Waals surface area (Å²) < 4.78 is 7.15. The number of piperidine rings is 1. The lowest BCUT2D eigenvalue weighted by atomic mass is 10.0. The number of nitrogens with zero attached hydrogens (tertiary/aromatic N) is 5. The van der Waals surface area contributed by atoms with E-state index in [1.165, 1.54) is 12.8 Å². The van der Waals surface area contributed by atoms with Crippen molar-refractivity contribution < 1.29 is 14.3 Å². The van der Waals surface area contributed by atoms with Crippen molar-refractivity contribution in [3.05, 3.63) is 29.5 Å². The van der Waals surface area contributed by atoms with E-state index < -0.39 is 6.04 Å². The van der Waals surface area contributed by atoms with Gasteiger partial charge in [0.15, 0.2) is 6.73 Å². The molecule has 2 aliphatic heterocycles. The van der Waals surface area contributed by atoms with Crippen molar-refractivity contribution in [3.63, 3.8) is 0 Å². The number of piperazine rings is 1. The fraction of sp³-hybridized carbons (Fsp3) is 0.679. The normalized spacial score (nSPS) is 18.9. The van der Waals surface area contributed by atoms with Gasteiger partial charge < -0.3 is 20.3 Å². The first-order chi connectivity index (χ1) is 17.9. The third kappa shape index (κ3) is 7.09. The highest BCUT2D eigenvalue weighted by Gasteiger charge is 2.30. The average Bonchev–Trinajstić information content (AvgIpc) is 3.31. The Morgan fingerprint density at radius 1 is 1.11 bits per heavy atom. The molecule has 0 saturated carbocycles. The van der Waals surface area contributed by atoms with Gasteiger partial charge in [0, 0.05) is 44.0 Å². The van der Waals surface area contributed by atoms with Crippen LogP contribution in [0, 0.1) is 6.92 Å². The number of nitrogens with two attached hydrogens (primary N) is 1. The summed E-state index contributed by atoms with van der Waals surface area (Å²) in [4.78, 5) is 32.0. The van der Waals surface area contributed by atoms with Gasteiger partial charge in [0.25, 0.3) is 0 Å². The molecule has 9 nitrogen and oxygen atoms in total. The van der Waals surface area contributed by atoms with Crippen LogP contribution in [0.25, 0.3) is 10.9 Å². The number of hydrogen-bond donors (Lipinski definition) is 1. The van der Waals surface area contributed by atoms with Crippen molar-refractivity contribution in [2.75, 3.05) is 46.3 Å². The molecule has 2 aromatic rings. The van der Waals surface area contributed by atoms with Gasteiger partial charge in [-0.1, -0.05) is 25.8 Å². The molecule has 0 aliphatic carbocycles. The van der Waals surface area contributed by atoms with E-state index in [1.807, 2.05) is 17.9 Å². The number of amides is 1. The Balaban J connectivity index is 1.29. The lowest BCUT2D eigenvalue weighted by Gasteiger charge is -2.42. The Morgan fingerprint density at radius 3 is 2.54 bits per heavy atom. The number of ether oxygens (including phenoxy) is 1. The number of carbonyl (C=O) groups is 2. The second-order valence-electron chi connectivity index (χ2n) is 10.8. The lowest BCUT2D eigenvalue weighted by molar-refractivity contribution is -0.147. The number of rotatable bonds is 10. The number of aryl methyl sites for hydroxylation is 1. The van der Waals surface area contributed by atoms with Crippen molar-refractivity contribution in [2.45, 2.75) is 77.6 Å². The zero-order valence-electron chi connectivity index (χ0n) is 22.8.